The van der Waals surface area contributed by atoms with Gasteiger partial charge in [-0.3, -0.25) is 0 Å². The van der Waals surface area contributed by atoms with Crippen molar-refractivity contribution < 1.29 is 8.42 Å². The molecule has 0 atom stereocenters. The van der Waals surface area contributed by atoms with E-state index in [1.54, 1.807) is 18.2 Å². The Labute approximate surface area is 128 Å². The van der Waals surface area contributed by atoms with Crippen LogP contribution in [0.25, 0.3) is 0 Å². The molecule has 0 aliphatic carbocycles. The normalized spacial score (nSPS) is 12.1. The summed E-state index contributed by atoms with van der Waals surface area (Å²) in [6.45, 7) is 1.79. The van der Waals surface area contributed by atoms with Crippen molar-refractivity contribution in [2.24, 2.45) is 0 Å². The number of nitrogens with zero attached hydrogens (tertiary/aromatic N) is 3. The Bertz CT molecular complexity index is 570. The second-order valence-electron chi connectivity index (χ2n) is 5.59. The van der Waals surface area contributed by atoms with E-state index in [2.05, 4.69) is 4.90 Å². The summed E-state index contributed by atoms with van der Waals surface area (Å²) in [4.78, 5) is 4.37. The van der Waals surface area contributed by atoms with Crippen LogP contribution in [0.2, 0.25) is 0 Å². The lowest BCUT2D eigenvalue weighted by atomic mass is 10.2. The van der Waals surface area contributed by atoms with Gasteiger partial charge in [-0.05, 0) is 45.3 Å². The highest BCUT2D eigenvalue weighted by Crippen LogP contribution is 2.27. The van der Waals surface area contributed by atoms with Gasteiger partial charge in [0.25, 0.3) is 0 Å². The molecule has 0 unspecified atom stereocenters. The molecule has 0 saturated carbocycles. The Balaban J connectivity index is 2.97. The van der Waals surface area contributed by atoms with Gasteiger partial charge in [0.05, 0.1) is 16.3 Å². The molecule has 0 radical (unpaired) electrons. The van der Waals surface area contributed by atoms with Crippen molar-refractivity contribution >= 4 is 21.4 Å². The van der Waals surface area contributed by atoms with Crippen molar-refractivity contribution in [3.05, 3.63) is 18.2 Å². The van der Waals surface area contributed by atoms with Crippen LogP contribution in [0, 0.1) is 0 Å². The van der Waals surface area contributed by atoms with Crippen LogP contribution in [0.1, 0.15) is 6.42 Å². The Kier molecular flexibility index (Phi) is 6.00. The fourth-order valence-corrected chi connectivity index (χ4v) is 2.89. The van der Waals surface area contributed by atoms with Crippen LogP contribution < -0.4 is 10.6 Å². The second-order valence-corrected chi connectivity index (χ2v) is 7.74. The van der Waals surface area contributed by atoms with Crippen LogP contribution >= 0.6 is 0 Å². The van der Waals surface area contributed by atoms with Crippen molar-refractivity contribution in [1.29, 1.82) is 0 Å². The number of nitrogen functional groups attached to an aromatic ring is 1. The van der Waals surface area contributed by atoms with Gasteiger partial charge >= 0.3 is 0 Å². The summed E-state index contributed by atoms with van der Waals surface area (Å²) in [5.41, 5.74) is 7.31. The monoisotopic (exact) mass is 314 g/mol. The number of hydrogen-bond donors (Lipinski definition) is 1. The lowest BCUT2D eigenvalue weighted by Gasteiger charge is -2.23. The summed E-state index contributed by atoms with van der Waals surface area (Å²) in [5, 5.41) is 0. The van der Waals surface area contributed by atoms with Gasteiger partial charge in [0, 0.05) is 27.7 Å². The number of sulfonamides is 1. The molecule has 0 aliphatic rings. The smallest absolute Gasteiger partial charge is 0.242 e. The van der Waals surface area contributed by atoms with E-state index in [1.165, 1.54) is 18.4 Å². The lowest BCUT2D eigenvalue weighted by Crippen LogP contribution is -2.25. The highest BCUT2D eigenvalue weighted by Gasteiger charge is 2.19. The first-order valence-corrected chi connectivity index (χ1v) is 8.28. The lowest BCUT2D eigenvalue weighted by molar-refractivity contribution is 0.401. The molecule has 0 aliphatic heterocycles. The minimum atomic E-state index is -3.44. The Hall–Kier alpha value is -1.31. The topological polar surface area (TPSA) is 69.9 Å². The summed E-state index contributed by atoms with van der Waals surface area (Å²) in [7, 11) is 5.58. The number of anilines is 2. The second kappa shape index (κ2) is 7.11. The minimum absolute atomic E-state index is 0.260. The largest absolute Gasteiger partial charge is 0.397 e. The van der Waals surface area contributed by atoms with Crippen LogP contribution in [0.5, 0.6) is 0 Å². The van der Waals surface area contributed by atoms with E-state index in [1.807, 2.05) is 26.0 Å². The van der Waals surface area contributed by atoms with Gasteiger partial charge in [-0.25, -0.2) is 12.7 Å². The van der Waals surface area contributed by atoms with Crippen molar-refractivity contribution in [2.75, 3.05) is 59.0 Å². The van der Waals surface area contributed by atoms with E-state index < -0.39 is 10.0 Å². The molecular weight excluding hydrogens is 288 g/mol. The zero-order valence-electron chi connectivity index (χ0n) is 13.5. The van der Waals surface area contributed by atoms with Gasteiger partial charge < -0.3 is 15.5 Å². The molecule has 1 aromatic carbocycles. The molecule has 7 heteroatoms. The van der Waals surface area contributed by atoms with Crippen LogP contribution in [-0.2, 0) is 10.0 Å². The first kappa shape index (κ1) is 17.7. The van der Waals surface area contributed by atoms with Crippen molar-refractivity contribution in [3.8, 4) is 0 Å². The average molecular weight is 314 g/mol. The maximum absolute atomic E-state index is 12.2. The number of hydrogen-bond acceptors (Lipinski definition) is 5. The molecule has 1 aromatic rings. The highest BCUT2D eigenvalue weighted by molar-refractivity contribution is 7.89. The van der Waals surface area contributed by atoms with Crippen LogP contribution in [0.15, 0.2) is 23.1 Å². The van der Waals surface area contributed by atoms with E-state index in [-0.39, 0.29) is 4.90 Å². The molecule has 0 aromatic heterocycles. The quantitative estimate of drug-likeness (QED) is 0.758. The van der Waals surface area contributed by atoms with Crippen LogP contribution in [0.4, 0.5) is 11.4 Å². The highest BCUT2D eigenvalue weighted by atomic mass is 32.2. The summed E-state index contributed by atoms with van der Waals surface area (Å²) in [5.74, 6) is 0. The standard InChI is InChI=1S/C14H26N4O2S/c1-16(2)9-6-10-18(5)14-11-12(7-8-13(14)15)21(19,20)17(3)4/h7-8,11H,6,9-10,15H2,1-5H3. The third kappa shape index (κ3) is 4.59. The van der Waals surface area contributed by atoms with Crippen LogP contribution in [0.3, 0.4) is 0 Å². The molecular formula is C14H26N4O2S. The summed E-state index contributed by atoms with van der Waals surface area (Å²) >= 11 is 0. The summed E-state index contributed by atoms with van der Waals surface area (Å²) < 4.78 is 25.6. The first-order chi connectivity index (χ1) is 9.66. The van der Waals surface area contributed by atoms with E-state index in [4.69, 9.17) is 5.73 Å². The molecule has 0 spiro atoms. The number of rotatable bonds is 7. The third-order valence-electron chi connectivity index (χ3n) is 3.29. The van der Waals surface area contributed by atoms with E-state index in [9.17, 15) is 8.42 Å². The van der Waals surface area contributed by atoms with Crippen molar-refractivity contribution in [1.82, 2.24) is 9.21 Å². The Morgan fingerprint density at radius 2 is 1.67 bits per heavy atom. The predicted octanol–water partition coefficient (Wildman–Crippen LogP) is 0.907. The molecule has 21 heavy (non-hydrogen) atoms. The van der Waals surface area contributed by atoms with Crippen LogP contribution in [-0.4, -0.2) is 66.0 Å². The third-order valence-corrected chi connectivity index (χ3v) is 5.10. The summed E-state index contributed by atoms with van der Waals surface area (Å²) in [6.07, 6.45) is 0.980. The van der Waals surface area contributed by atoms with Gasteiger partial charge in [0.2, 0.25) is 10.0 Å². The van der Waals surface area contributed by atoms with E-state index in [0.717, 1.165) is 25.2 Å². The number of benzene rings is 1. The Morgan fingerprint density at radius 3 is 2.19 bits per heavy atom. The predicted molar refractivity (Wildman–Crippen MR) is 88.2 cm³/mol. The van der Waals surface area contributed by atoms with Gasteiger partial charge in [0.1, 0.15) is 0 Å². The molecule has 120 valence electrons. The Morgan fingerprint density at radius 1 is 1.05 bits per heavy atom. The van der Waals surface area contributed by atoms with E-state index in [0.29, 0.717) is 5.69 Å². The molecule has 6 nitrogen and oxygen atoms in total. The first-order valence-electron chi connectivity index (χ1n) is 6.84. The van der Waals surface area contributed by atoms with Gasteiger partial charge in [-0.1, -0.05) is 0 Å². The number of nitrogens with two attached hydrogens (primary N) is 1. The van der Waals surface area contributed by atoms with E-state index >= 15 is 0 Å². The molecule has 0 fully saturated rings. The van der Waals surface area contributed by atoms with Crippen molar-refractivity contribution in [3.63, 3.8) is 0 Å². The summed E-state index contributed by atoms with van der Waals surface area (Å²) in [6, 6.07) is 4.83. The SMILES string of the molecule is CN(C)CCCN(C)c1cc(S(=O)(=O)N(C)C)ccc1N. The molecule has 2 N–H and O–H groups in total. The zero-order chi connectivity index (χ0) is 16.2. The van der Waals surface area contributed by atoms with Gasteiger partial charge in [-0.2, -0.15) is 0 Å². The fraction of sp³-hybridized carbons (Fsp3) is 0.571. The maximum atomic E-state index is 12.2. The molecule has 0 heterocycles. The molecule has 0 bridgehead atoms. The maximum Gasteiger partial charge on any atom is 0.242 e. The molecule has 1 rings (SSSR count). The van der Waals surface area contributed by atoms with Crippen molar-refractivity contribution in [2.45, 2.75) is 11.3 Å². The average Bonchev–Trinajstić information content (AvgIpc) is 2.38. The fourth-order valence-electron chi connectivity index (χ4n) is 1.97. The molecule has 0 amide bonds. The molecule has 0 saturated heterocycles. The minimum Gasteiger partial charge on any atom is -0.397 e. The zero-order valence-corrected chi connectivity index (χ0v) is 14.3. The van der Waals surface area contributed by atoms with Gasteiger partial charge in [-0.15, -0.1) is 0 Å². The van der Waals surface area contributed by atoms with Gasteiger partial charge in [0.15, 0.2) is 0 Å².